The van der Waals surface area contributed by atoms with Gasteiger partial charge in [0.2, 0.25) is 0 Å². The predicted octanol–water partition coefficient (Wildman–Crippen LogP) is 4.77. The van der Waals surface area contributed by atoms with Crippen molar-refractivity contribution in [2.45, 2.75) is 18.4 Å². The molecule has 1 unspecified atom stereocenters. The van der Waals surface area contributed by atoms with E-state index in [9.17, 15) is 0 Å². The number of halogens is 2. The van der Waals surface area contributed by atoms with Crippen LogP contribution in [0.3, 0.4) is 0 Å². The smallest absolute Gasteiger partial charge is 0.123 e. The summed E-state index contributed by atoms with van der Waals surface area (Å²) >= 11 is 11.9. The maximum Gasteiger partial charge on any atom is 0.123 e. The molecule has 0 bridgehead atoms. The Morgan fingerprint density at radius 2 is 2.05 bits per heavy atom. The third-order valence-corrected chi connectivity index (χ3v) is 4.17. The number of hydrogen-bond acceptors (Lipinski definition) is 2. The highest BCUT2D eigenvalue weighted by Gasteiger charge is 2.21. The summed E-state index contributed by atoms with van der Waals surface area (Å²) in [5.74, 6) is 1.14. The fraction of sp³-hybridized carbons (Fsp3) is 0.294. The monoisotopic (exact) mass is 322 g/mol. The van der Waals surface area contributed by atoms with Gasteiger partial charge in [-0.05, 0) is 35.7 Å². The molecule has 1 aliphatic rings. The third-order valence-electron chi connectivity index (χ3n) is 3.65. The van der Waals surface area contributed by atoms with Gasteiger partial charge in [-0.25, -0.2) is 0 Å². The van der Waals surface area contributed by atoms with Gasteiger partial charge in [0.25, 0.3) is 0 Å². The van der Waals surface area contributed by atoms with E-state index in [1.165, 1.54) is 11.1 Å². The molecule has 4 heteroatoms. The number of benzene rings is 2. The van der Waals surface area contributed by atoms with Gasteiger partial charge in [-0.3, -0.25) is 0 Å². The maximum atomic E-state index is 5.97. The molecule has 21 heavy (non-hydrogen) atoms. The second kappa shape index (κ2) is 6.69. The van der Waals surface area contributed by atoms with Gasteiger partial charge in [-0.2, -0.15) is 0 Å². The van der Waals surface area contributed by atoms with E-state index in [2.05, 4.69) is 18.2 Å². The Hall–Kier alpha value is -1.22. The lowest BCUT2D eigenvalue weighted by atomic mass is 9.98. The molecular weight excluding hydrogens is 307 g/mol. The Labute approximate surface area is 134 Å². The summed E-state index contributed by atoms with van der Waals surface area (Å²) in [5.41, 5.74) is 3.45. The summed E-state index contributed by atoms with van der Waals surface area (Å²) in [5, 5.41) is 0.664. The lowest BCUT2D eigenvalue weighted by molar-refractivity contribution is 0.0100. The van der Waals surface area contributed by atoms with Crippen LogP contribution in [0.5, 0.6) is 5.75 Å². The summed E-state index contributed by atoms with van der Waals surface area (Å²) in [7, 11) is 0. The highest BCUT2D eigenvalue weighted by molar-refractivity contribution is 6.30. The molecular formula is C17H16Cl2O2. The zero-order valence-electron chi connectivity index (χ0n) is 11.5. The quantitative estimate of drug-likeness (QED) is 0.755. The van der Waals surface area contributed by atoms with E-state index < -0.39 is 0 Å². The van der Waals surface area contributed by atoms with Crippen LogP contribution in [0.1, 0.15) is 22.8 Å². The Kier molecular flexibility index (Phi) is 4.69. The van der Waals surface area contributed by atoms with E-state index in [4.69, 9.17) is 32.7 Å². The highest BCUT2D eigenvalue weighted by Crippen LogP contribution is 2.29. The van der Waals surface area contributed by atoms with Gasteiger partial charge in [0.1, 0.15) is 18.5 Å². The lowest BCUT2D eigenvalue weighted by Gasteiger charge is -2.26. The minimum absolute atomic E-state index is 0.0335. The molecule has 0 saturated heterocycles. The summed E-state index contributed by atoms with van der Waals surface area (Å²) in [6.45, 7) is 1.20. The van der Waals surface area contributed by atoms with Crippen molar-refractivity contribution < 1.29 is 9.47 Å². The molecule has 110 valence electrons. The van der Waals surface area contributed by atoms with Crippen molar-refractivity contribution in [1.82, 2.24) is 0 Å². The molecule has 1 aliphatic heterocycles. The molecule has 2 aromatic carbocycles. The van der Waals surface area contributed by atoms with Crippen LogP contribution in [-0.2, 0) is 17.0 Å². The van der Waals surface area contributed by atoms with Gasteiger partial charge in [-0.15, -0.1) is 11.6 Å². The molecule has 0 radical (unpaired) electrons. The minimum Gasteiger partial charge on any atom is -0.490 e. The summed E-state index contributed by atoms with van der Waals surface area (Å²) in [6.07, 6.45) is 0.925. The maximum absolute atomic E-state index is 5.97. The second-order valence-corrected chi connectivity index (χ2v) is 5.71. The zero-order valence-corrected chi connectivity index (χ0v) is 13.0. The van der Waals surface area contributed by atoms with Crippen LogP contribution in [0.4, 0.5) is 0 Å². The van der Waals surface area contributed by atoms with Gasteiger partial charge in [-0.1, -0.05) is 35.9 Å². The largest absolute Gasteiger partial charge is 0.490 e. The van der Waals surface area contributed by atoms with E-state index in [1.54, 1.807) is 0 Å². The van der Waals surface area contributed by atoms with E-state index in [-0.39, 0.29) is 6.10 Å². The van der Waals surface area contributed by atoms with Gasteiger partial charge in [0, 0.05) is 10.6 Å². The van der Waals surface area contributed by atoms with Crippen molar-refractivity contribution in [3.63, 3.8) is 0 Å². The molecule has 3 rings (SSSR count). The van der Waals surface area contributed by atoms with Gasteiger partial charge >= 0.3 is 0 Å². The average molecular weight is 323 g/mol. The van der Waals surface area contributed by atoms with Gasteiger partial charge < -0.3 is 9.47 Å². The number of fused-ring (bicyclic) bond motifs is 1. The Morgan fingerprint density at radius 3 is 2.90 bits per heavy atom. The first-order valence-corrected chi connectivity index (χ1v) is 7.86. The Balaban J connectivity index is 1.74. The molecule has 0 fully saturated rings. The number of hydrogen-bond donors (Lipinski definition) is 0. The van der Waals surface area contributed by atoms with Crippen LogP contribution in [-0.4, -0.2) is 13.2 Å². The fourth-order valence-corrected chi connectivity index (χ4v) is 2.98. The average Bonchev–Trinajstić information content (AvgIpc) is 2.53. The highest BCUT2D eigenvalue weighted by atomic mass is 35.5. The van der Waals surface area contributed by atoms with Gasteiger partial charge in [0.05, 0.1) is 12.5 Å². The SMILES string of the molecule is ClCc1cc(Cl)ccc1OCC1OCCc2ccccc21. The molecule has 0 amide bonds. The van der Waals surface area contributed by atoms with Crippen molar-refractivity contribution in [2.24, 2.45) is 0 Å². The van der Waals surface area contributed by atoms with Crippen LogP contribution >= 0.6 is 23.2 Å². The molecule has 0 spiro atoms. The molecule has 0 saturated carbocycles. The predicted molar refractivity (Wildman–Crippen MR) is 85.3 cm³/mol. The third kappa shape index (κ3) is 3.34. The molecule has 0 N–H and O–H groups in total. The van der Waals surface area contributed by atoms with Crippen molar-refractivity contribution in [3.8, 4) is 5.75 Å². The van der Waals surface area contributed by atoms with Crippen LogP contribution in [0.25, 0.3) is 0 Å². The van der Waals surface area contributed by atoms with Crippen LogP contribution in [0, 0.1) is 0 Å². The van der Waals surface area contributed by atoms with Gasteiger partial charge in [0.15, 0.2) is 0 Å². The van der Waals surface area contributed by atoms with E-state index in [1.807, 2.05) is 24.3 Å². The van der Waals surface area contributed by atoms with Crippen LogP contribution in [0.15, 0.2) is 42.5 Å². The number of alkyl halides is 1. The van der Waals surface area contributed by atoms with E-state index >= 15 is 0 Å². The number of rotatable bonds is 4. The number of ether oxygens (including phenoxy) is 2. The molecule has 0 aromatic heterocycles. The van der Waals surface area contributed by atoms with Crippen molar-refractivity contribution in [3.05, 3.63) is 64.2 Å². The first-order valence-electron chi connectivity index (χ1n) is 6.94. The first kappa shape index (κ1) is 14.7. The molecule has 2 aromatic rings. The second-order valence-electron chi connectivity index (χ2n) is 5.00. The Bertz CT molecular complexity index is 628. The summed E-state index contributed by atoms with van der Waals surface area (Å²) in [6, 6.07) is 13.8. The minimum atomic E-state index is -0.0335. The van der Waals surface area contributed by atoms with Crippen LogP contribution in [0.2, 0.25) is 5.02 Å². The summed E-state index contributed by atoms with van der Waals surface area (Å²) in [4.78, 5) is 0. The molecule has 2 nitrogen and oxygen atoms in total. The van der Waals surface area contributed by atoms with Crippen molar-refractivity contribution in [1.29, 1.82) is 0 Å². The van der Waals surface area contributed by atoms with Crippen LogP contribution < -0.4 is 4.74 Å². The lowest BCUT2D eigenvalue weighted by Crippen LogP contribution is -2.21. The molecule has 0 aliphatic carbocycles. The normalized spacial score (nSPS) is 17.3. The van der Waals surface area contributed by atoms with Crippen molar-refractivity contribution >= 4 is 23.2 Å². The standard InChI is InChI=1S/C17H16Cl2O2/c18-10-13-9-14(19)5-6-16(13)21-11-17-15-4-2-1-3-12(15)7-8-20-17/h1-6,9,17H,7-8,10-11H2. The first-order chi connectivity index (χ1) is 10.3. The summed E-state index contributed by atoms with van der Waals surface area (Å²) < 4.78 is 11.8. The Morgan fingerprint density at radius 1 is 1.19 bits per heavy atom. The van der Waals surface area contributed by atoms with E-state index in [0.717, 1.165) is 24.3 Å². The van der Waals surface area contributed by atoms with E-state index in [0.29, 0.717) is 17.5 Å². The molecule has 1 atom stereocenters. The van der Waals surface area contributed by atoms with Crippen molar-refractivity contribution in [2.75, 3.05) is 13.2 Å². The zero-order chi connectivity index (χ0) is 14.7. The molecule has 1 heterocycles. The topological polar surface area (TPSA) is 18.5 Å². The fourth-order valence-electron chi connectivity index (χ4n) is 2.57.